The van der Waals surface area contributed by atoms with E-state index in [0.29, 0.717) is 17.9 Å². The Morgan fingerprint density at radius 3 is 2.17 bits per heavy atom. The third kappa shape index (κ3) is 4.84. The van der Waals surface area contributed by atoms with Gasteiger partial charge in [-0.3, -0.25) is 4.79 Å². The summed E-state index contributed by atoms with van der Waals surface area (Å²) in [5, 5.41) is 9.04. The minimum Gasteiger partial charge on any atom is -0.493 e. The van der Waals surface area contributed by atoms with Crippen LogP contribution in [-0.4, -0.2) is 29.1 Å². The summed E-state index contributed by atoms with van der Waals surface area (Å²) in [6.07, 6.45) is 0.260. The molecule has 0 aliphatic heterocycles. The van der Waals surface area contributed by atoms with Crippen molar-refractivity contribution in [3.8, 4) is 11.5 Å². The summed E-state index contributed by atoms with van der Waals surface area (Å²) in [4.78, 5) is 23.2. The Labute approximate surface area is 140 Å². The molecule has 1 N–H and O–H groups in total. The zero-order valence-corrected chi connectivity index (χ0v) is 13.7. The first-order valence-corrected chi connectivity index (χ1v) is 7.62. The van der Waals surface area contributed by atoms with Gasteiger partial charge in [-0.15, -0.1) is 0 Å². The lowest BCUT2D eigenvalue weighted by atomic mass is 10.1. The summed E-state index contributed by atoms with van der Waals surface area (Å²) < 4.78 is 10.9. The van der Waals surface area contributed by atoms with E-state index < -0.39 is 11.6 Å². The third-order valence-electron chi connectivity index (χ3n) is 3.41. The van der Waals surface area contributed by atoms with Gasteiger partial charge < -0.3 is 14.6 Å². The van der Waals surface area contributed by atoms with Gasteiger partial charge in [0.25, 0.3) is 0 Å². The van der Waals surface area contributed by atoms with Gasteiger partial charge in [0.2, 0.25) is 0 Å². The number of aliphatic carboxylic acids is 1. The molecule has 5 nitrogen and oxygen atoms in total. The van der Waals surface area contributed by atoms with Crippen molar-refractivity contribution in [2.24, 2.45) is 0 Å². The van der Waals surface area contributed by atoms with E-state index in [1.54, 1.807) is 24.3 Å². The molecule has 0 saturated heterocycles. The molecule has 0 amide bonds. The Morgan fingerprint density at radius 1 is 0.958 bits per heavy atom. The van der Waals surface area contributed by atoms with E-state index in [-0.39, 0.29) is 12.2 Å². The van der Waals surface area contributed by atoms with Crippen LogP contribution >= 0.6 is 0 Å². The molecule has 0 bridgehead atoms. The summed E-state index contributed by atoms with van der Waals surface area (Å²) in [6.45, 7) is 3.23. The van der Waals surface area contributed by atoms with Gasteiger partial charge in [0.1, 0.15) is 11.5 Å². The lowest BCUT2D eigenvalue weighted by Gasteiger charge is -2.21. The summed E-state index contributed by atoms with van der Waals surface area (Å²) in [6, 6.07) is 15.7. The molecule has 0 saturated carbocycles. The standard InChI is InChI=1S/C19H20O5/c1-19(2,18(21)22)24-16-10-8-14(9-11-16)17(20)12-13-23-15-6-4-3-5-7-15/h3-11H,12-13H2,1-2H3,(H,21,22). The fourth-order valence-electron chi connectivity index (χ4n) is 1.97. The molecule has 24 heavy (non-hydrogen) atoms. The molecule has 0 aliphatic carbocycles. The molecule has 126 valence electrons. The average Bonchev–Trinajstić information content (AvgIpc) is 2.56. The lowest BCUT2D eigenvalue weighted by Crippen LogP contribution is -2.37. The van der Waals surface area contributed by atoms with Crippen molar-refractivity contribution in [1.29, 1.82) is 0 Å². The van der Waals surface area contributed by atoms with Gasteiger partial charge in [-0.05, 0) is 50.2 Å². The number of ketones is 1. The van der Waals surface area contributed by atoms with Crippen molar-refractivity contribution in [2.45, 2.75) is 25.9 Å². The number of carbonyl (C=O) groups excluding carboxylic acids is 1. The van der Waals surface area contributed by atoms with Gasteiger partial charge in [-0.2, -0.15) is 0 Å². The number of para-hydroxylation sites is 1. The molecular formula is C19H20O5. The van der Waals surface area contributed by atoms with Crippen LogP contribution in [0.5, 0.6) is 11.5 Å². The van der Waals surface area contributed by atoms with Gasteiger partial charge in [0.15, 0.2) is 11.4 Å². The van der Waals surface area contributed by atoms with E-state index in [0.717, 1.165) is 5.75 Å². The quantitative estimate of drug-likeness (QED) is 0.750. The molecule has 0 radical (unpaired) electrons. The fraction of sp³-hybridized carbons (Fsp3) is 0.263. The van der Waals surface area contributed by atoms with E-state index in [1.807, 2.05) is 30.3 Å². The maximum absolute atomic E-state index is 12.1. The zero-order valence-electron chi connectivity index (χ0n) is 13.7. The molecule has 0 aromatic heterocycles. The second kappa shape index (κ2) is 7.64. The van der Waals surface area contributed by atoms with Crippen LogP contribution < -0.4 is 9.47 Å². The maximum Gasteiger partial charge on any atom is 0.347 e. The molecule has 0 aliphatic rings. The number of carbonyl (C=O) groups is 2. The van der Waals surface area contributed by atoms with Crippen molar-refractivity contribution in [2.75, 3.05) is 6.61 Å². The largest absolute Gasteiger partial charge is 0.493 e. The second-order valence-electron chi connectivity index (χ2n) is 5.78. The van der Waals surface area contributed by atoms with Crippen molar-refractivity contribution in [1.82, 2.24) is 0 Å². The highest BCUT2D eigenvalue weighted by atomic mass is 16.5. The Hall–Kier alpha value is -2.82. The molecule has 2 aromatic rings. The average molecular weight is 328 g/mol. The predicted octanol–water partition coefficient (Wildman–Crippen LogP) is 3.58. The van der Waals surface area contributed by atoms with Gasteiger partial charge in [-0.1, -0.05) is 18.2 Å². The number of carboxylic acid groups (broad SMARTS) is 1. The van der Waals surface area contributed by atoms with Crippen molar-refractivity contribution in [3.63, 3.8) is 0 Å². The first-order chi connectivity index (χ1) is 11.4. The summed E-state index contributed by atoms with van der Waals surface area (Å²) in [7, 11) is 0. The number of carboxylic acids is 1. The van der Waals surface area contributed by atoms with Gasteiger partial charge in [0.05, 0.1) is 6.61 Å². The van der Waals surface area contributed by atoms with E-state index in [4.69, 9.17) is 14.6 Å². The predicted molar refractivity (Wildman–Crippen MR) is 89.7 cm³/mol. The zero-order chi connectivity index (χ0) is 17.6. The normalized spacial score (nSPS) is 10.9. The van der Waals surface area contributed by atoms with Crippen molar-refractivity contribution in [3.05, 3.63) is 60.2 Å². The molecule has 0 heterocycles. The molecule has 0 spiro atoms. The van der Waals surface area contributed by atoms with Crippen LogP contribution in [0.25, 0.3) is 0 Å². The molecule has 0 atom stereocenters. The Morgan fingerprint density at radius 2 is 1.58 bits per heavy atom. The van der Waals surface area contributed by atoms with Crippen LogP contribution in [0.1, 0.15) is 30.6 Å². The number of benzene rings is 2. The van der Waals surface area contributed by atoms with Gasteiger partial charge in [-0.25, -0.2) is 4.79 Å². The van der Waals surface area contributed by atoms with E-state index in [9.17, 15) is 9.59 Å². The Bertz CT molecular complexity index is 689. The van der Waals surface area contributed by atoms with Crippen LogP contribution in [0.4, 0.5) is 0 Å². The molecule has 5 heteroatoms. The smallest absolute Gasteiger partial charge is 0.347 e. The van der Waals surface area contributed by atoms with Crippen LogP contribution in [-0.2, 0) is 4.79 Å². The first-order valence-electron chi connectivity index (χ1n) is 7.62. The number of hydrogen-bond acceptors (Lipinski definition) is 4. The highest BCUT2D eigenvalue weighted by Crippen LogP contribution is 2.20. The summed E-state index contributed by atoms with van der Waals surface area (Å²) in [5.74, 6) is 0.0279. The maximum atomic E-state index is 12.1. The van der Waals surface area contributed by atoms with Crippen molar-refractivity contribution < 1.29 is 24.2 Å². The summed E-state index contributed by atoms with van der Waals surface area (Å²) >= 11 is 0. The Balaban J connectivity index is 1.88. The minimum atomic E-state index is -1.32. The van der Waals surface area contributed by atoms with Gasteiger partial charge >= 0.3 is 5.97 Å². The van der Waals surface area contributed by atoms with Crippen LogP contribution in [0.3, 0.4) is 0 Å². The monoisotopic (exact) mass is 328 g/mol. The van der Waals surface area contributed by atoms with Crippen LogP contribution in [0.2, 0.25) is 0 Å². The van der Waals surface area contributed by atoms with E-state index in [1.165, 1.54) is 13.8 Å². The lowest BCUT2D eigenvalue weighted by molar-refractivity contribution is -0.152. The molecule has 2 rings (SSSR count). The molecule has 2 aromatic carbocycles. The van der Waals surface area contributed by atoms with E-state index in [2.05, 4.69) is 0 Å². The second-order valence-corrected chi connectivity index (χ2v) is 5.78. The number of Topliss-reactive ketones (excluding diaryl/α,β-unsaturated/α-hetero) is 1. The molecule has 0 unspecified atom stereocenters. The summed E-state index contributed by atoms with van der Waals surface area (Å²) in [5.41, 5.74) is -0.790. The fourth-order valence-corrected chi connectivity index (χ4v) is 1.97. The minimum absolute atomic E-state index is 0.0463. The highest BCUT2D eigenvalue weighted by Gasteiger charge is 2.29. The molecular weight excluding hydrogens is 308 g/mol. The van der Waals surface area contributed by atoms with Gasteiger partial charge in [0, 0.05) is 12.0 Å². The van der Waals surface area contributed by atoms with Crippen LogP contribution in [0.15, 0.2) is 54.6 Å². The van der Waals surface area contributed by atoms with E-state index >= 15 is 0 Å². The topological polar surface area (TPSA) is 72.8 Å². The SMILES string of the molecule is CC(C)(Oc1ccc(C(=O)CCOc2ccccc2)cc1)C(=O)O. The Kier molecular flexibility index (Phi) is 5.58. The highest BCUT2D eigenvalue weighted by molar-refractivity contribution is 5.96. The van der Waals surface area contributed by atoms with Crippen molar-refractivity contribution >= 4 is 11.8 Å². The first kappa shape index (κ1) is 17.5. The number of ether oxygens (including phenoxy) is 2. The number of hydrogen-bond donors (Lipinski definition) is 1. The molecule has 0 fully saturated rings. The number of rotatable bonds is 8. The third-order valence-corrected chi connectivity index (χ3v) is 3.41. The van der Waals surface area contributed by atoms with Crippen LogP contribution in [0, 0.1) is 0 Å².